The quantitative estimate of drug-likeness (QED) is 0.191. The van der Waals surface area contributed by atoms with E-state index in [2.05, 4.69) is 180 Å². The third-order valence-electron chi connectivity index (χ3n) is 19.2. The number of hydrogen-bond acceptors (Lipinski definition) is 12. The second-order valence-electron chi connectivity index (χ2n) is 31.5. The van der Waals surface area contributed by atoms with Gasteiger partial charge in [0.25, 0.3) is 0 Å². The fourth-order valence-corrected chi connectivity index (χ4v) is 15.1. The predicted octanol–water partition coefficient (Wildman–Crippen LogP) is 7.81. The van der Waals surface area contributed by atoms with Gasteiger partial charge in [0.1, 0.15) is 0 Å². The molecule has 0 aromatic carbocycles. The molecular formula is C61H121N11O. The Morgan fingerprint density at radius 1 is 0.342 bits per heavy atom. The minimum atomic E-state index is 0.302. The van der Waals surface area contributed by atoms with E-state index in [0.29, 0.717) is 45.3 Å². The number of hydrogen-bond donors (Lipinski definition) is 4. The Kier molecular flexibility index (Phi) is 20.2. The summed E-state index contributed by atoms with van der Waals surface area (Å²) in [5.74, 6) is 2.06. The normalized spacial score (nSPS) is 37.1. The molecular weight excluding hydrogens is 903 g/mol. The number of nitrogens with one attached hydrogen (secondary N) is 4. The highest BCUT2D eigenvalue weighted by Gasteiger charge is 2.43. The molecule has 12 atom stereocenters. The van der Waals surface area contributed by atoms with Crippen LogP contribution in [0.2, 0.25) is 0 Å². The first-order chi connectivity index (χ1) is 33.9. The van der Waals surface area contributed by atoms with Crippen LogP contribution in [0.1, 0.15) is 189 Å². The lowest BCUT2D eigenvalue weighted by Crippen LogP contribution is -2.65. The molecule has 12 unspecified atom stereocenters. The molecule has 0 radical (unpaired) electrons. The highest BCUT2D eigenvalue weighted by molar-refractivity contribution is 5.01. The van der Waals surface area contributed by atoms with Crippen molar-refractivity contribution in [2.24, 2.45) is 11.8 Å². The maximum Gasteiger partial charge on any atom is 0.0633 e. The lowest BCUT2D eigenvalue weighted by molar-refractivity contribution is -0.0315. The van der Waals surface area contributed by atoms with Crippen LogP contribution in [-0.4, -0.2) is 227 Å². The summed E-state index contributed by atoms with van der Waals surface area (Å²) in [4.78, 5) is 18.4. The predicted molar refractivity (Wildman–Crippen MR) is 310 cm³/mol. The van der Waals surface area contributed by atoms with Crippen molar-refractivity contribution in [1.82, 2.24) is 55.6 Å². The standard InChI is InChI=1S/C11H21N.C10H20N2O.4C10H20N2/c1-11(2,3)12-7-9-4-5-10(6-9)8-12;1-10(2,3)12-4-8-6-13-7-9(5-12)11-8;2*1-10(2,3)12-6-8-4-5-9(7-12)11-8;1-10(2,3)12-8-4-5-9(12)7-11-6-8;1-10(2,3)12-7-6-11-5-4-9(12)8-11/h9-10H,4-8H2,1-3H3;8-9,11H,4-7H2,1-3H3;3*8-9,11H,4-7H2,1-3H3;9H,4-8H2,1-3H3. The van der Waals surface area contributed by atoms with E-state index in [1.54, 1.807) is 0 Å². The molecule has 12 fully saturated rings. The van der Waals surface area contributed by atoms with Gasteiger partial charge in [-0.2, -0.15) is 0 Å². The van der Waals surface area contributed by atoms with Crippen LogP contribution < -0.4 is 21.3 Å². The van der Waals surface area contributed by atoms with Gasteiger partial charge in [-0.1, -0.05) is 0 Å². The number of rotatable bonds is 0. The molecule has 426 valence electrons. The molecule has 11 aliphatic heterocycles. The second-order valence-corrected chi connectivity index (χ2v) is 31.5. The van der Waals surface area contributed by atoms with E-state index in [-0.39, 0.29) is 0 Å². The molecule has 0 spiro atoms. The van der Waals surface area contributed by atoms with Crippen molar-refractivity contribution in [3.8, 4) is 0 Å². The van der Waals surface area contributed by atoms with Gasteiger partial charge < -0.3 is 30.9 Å². The number of fused-ring (bicyclic) bond motifs is 12. The van der Waals surface area contributed by atoms with Gasteiger partial charge in [0.15, 0.2) is 0 Å². The Bertz CT molecular complexity index is 1510. The van der Waals surface area contributed by atoms with E-state index in [4.69, 9.17) is 4.74 Å². The van der Waals surface area contributed by atoms with Gasteiger partial charge in [0, 0.05) is 173 Å². The summed E-state index contributed by atoms with van der Waals surface area (Å²) >= 11 is 0. The molecule has 12 aliphatic rings. The molecule has 12 heteroatoms. The highest BCUT2D eigenvalue weighted by Crippen LogP contribution is 2.39. The molecule has 73 heavy (non-hydrogen) atoms. The lowest BCUT2D eigenvalue weighted by Gasteiger charge is -2.47. The third kappa shape index (κ3) is 17.3. The fourth-order valence-electron chi connectivity index (χ4n) is 15.1. The topological polar surface area (TPSA) is 80.0 Å². The molecule has 4 N–H and O–H groups in total. The zero-order chi connectivity index (χ0) is 53.3. The molecule has 11 saturated heterocycles. The van der Waals surface area contributed by atoms with Crippen molar-refractivity contribution in [2.75, 3.05) is 105 Å². The van der Waals surface area contributed by atoms with Crippen LogP contribution in [0.3, 0.4) is 0 Å². The van der Waals surface area contributed by atoms with E-state index < -0.39 is 0 Å². The average molecular weight is 1020 g/mol. The van der Waals surface area contributed by atoms with Crippen molar-refractivity contribution in [3.63, 3.8) is 0 Å². The van der Waals surface area contributed by atoms with Crippen LogP contribution in [0.25, 0.3) is 0 Å². The molecule has 1 aliphatic carbocycles. The van der Waals surface area contributed by atoms with Gasteiger partial charge in [-0.3, -0.25) is 29.4 Å². The van der Waals surface area contributed by atoms with Gasteiger partial charge in [0.2, 0.25) is 0 Å². The molecule has 1 saturated carbocycles. The molecule has 0 aromatic heterocycles. The summed E-state index contributed by atoms with van der Waals surface area (Å²) in [5, 5.41) is 14.4. The first-order valence-corrected chi connectivity index (χ1v) is 30.7. The van der Waals surface area contributed by atoms with E-state index in [9.17, 15) is 0 Å². The molecule has 12 nitrogen and oxygen atoms in total. The van der Waals surface area contributed by atoms with Crippen molar-refractivity contribution in [2.45, 2.75) is 276 Å². The van der Waals surface area contributed by atoms with Gasteiger partial charge in [-0.25, -0.2) is 0 Å². The van der Waals surface area contributed by atoms with Crippen LogP contribution in [-0.2, 0) is 4.74 Å². The van der Waals surface area contributed by atoms with E-state index in [0.717, 1.165) is 80.4 Å². The zero-order valence-corrected chi connectivity index (χ0v) is 51.3. The molecule has 11 heterocycles. The summed E-state index contributed by atoms with van der Waals surface area (Å²) in [6.07, 6.45) is 14.2. The minimum absolute atomic E-state index is 0.302. The molecule has 0 amide bonds. The number of nitrogens with zero attached hydrogens (tertiary/aromatic N) is 7. The Hall–Kier alpha value is -0.480. The summed E-state index contributed by atoms with van der Waals surface area (Å²) in [7, 11) is 0. The first kappa shape index (κ1) is 60.2. The van der Waals surface area contributed by atoms with Crippen molar-refractivity contribution in [3.05, 3.63) is 0 Å². The van der Waals surface area contributed by atoms with Gasteiger partial charge in [-0.15, -0.1) is 0 Å². The molecule has 0 aromatic rings. The highest BCUT2D eigenvalue weighted by atomic mass is 16.5. The maximum absolute atomic E-state index is 5.51. The molecule has 12 rings (SSSR count). The van der Waals surface area contributed by atoms with Gasteiger partial charge >= 0.3 is 0 Å². The summed E-state index contributed by atoms with van der Waals surface area (Å²) in [6, 6.07) is 6.68. The third-order valence-corrected chi connectivity index (χ3v) is 19.2. The van der Waals surface area contributed by atoms with E-state index in [1.807, 2.05) is 0 Å². The maximum atomic E-state index is 5.51. The zero-order valence-electron chi connectivity index (χ0n) is 51.3. The van der Waals surface area contributed by atoms with Gasteiger partial charge in [0.05, 0.1) is 13.2 Å². The Labute approximate surface area is 451 Å². The van der Waals surface area contributed by atoms with Crippen molar-refractivity contribution in [1.29, 1.82) is 0 Å². The van der Waals surface area contributed by atoms with Crippen molar-refractivity contribution >= 4 is 0 Å². The Balaban J connectivity index is 0.000000128. The number of piperidine rings is 1. The van der Waals surface area contributed by atoms with Crippen LogP contribution in [0, 0.1) is 11.8 Å². The summed E-state index contributed by atoms with van der Waals surface area (Å²) in [6.45, 7) is 61.1. The largest absolute Gasteiger partial charge is 0.378 e. The Morgan fingerprint density at radius 3 is 1.10 bits per heavy atom. The van der Waals surface area contributed by atoms with Gasteiger partial charge in [-0.05, 0) is 207 Å². The van der Waals surface area contributed by atoms with Crippen LogP contribution in [0.15, 0.2) is 0 Å². The summed E-state index contributed by atoms with van der Waals surface area (Å²) in [5.41, 5.74) is 2.18. The number of likely N-dealkylation sites (tertiary alicyclic amines) is 3. The smallest absolute Gasteiger partial charge is 0.0633 e. The fraction of sp³-hybridized carbons (Fsp3) is 1.00. The van der Waals surface area contributed by atoms with E-state index >= 15 is 0 Å². The average Bonchev–Trinajstić information content (AvgIpc) is 4.08. The van der Waals surface area contributed by atoms with Crippen molar-refractivity contribution < 1.29 is 4.74 Å². The number of morpholine rings is 1. The van der Waals surface area contributed by atoms with Crippen LogP contribution in [0.5, 0.6) is 0 Å². The summed E-state index contributed by atoms with van der Waals surface area (Å²) < 4.78 is 5.51. The lowest BCUT2D eigenvalue weighted by atomic mass is 9.94. The first-order valence-electron chi connectivity index (χ1n) is 30.7. The minimum Gasteiger partial charge on any atom is -0.378 e. The number of piperazine rings is 5. The SMILES string of the molecule is CC(C)(C)N1C2CCC1CNC2.CC(C)(C)N1CC2CCC(C1)N2.CC(C)(C)N1CC2CCC(C1)N2.CC(C)(C)N1CC2CCC(C2)C1.CC(C)(C)N1CC2COCC(C1)N2.CC(C)(C)N1CCN2CCC1C2. The second kappa shape index (κ2) is 24.5. The Morgan fingerprint density at radius 2 is 0.726 bits per heavy atom. The monoisotopic (exact) mass is 1020 g/mol. The van der Waals surface area contributed by atoms with Crippen LogP contribution >= 0.6 is 0 Å². The number of ether oxygens (including phenoxy) is 1. The van der Waals surface area contributed by atoms with Crippen LogP contribution in [0.4, 0.5) is 0 Å². The molecule has 12 bridgehead atoms. The van der Waals surface area contributed by atoms with E-state index in [1.165, 1.54) is 143 Å².